The quantitative estimate of drug-likeness (QED) is 0.515. The lowest BCUT2D eigenvalue weighted by molar-refractivity contribution is 0.0473. The lowest BCUT2D eigenvalue weighted by atomic mass is 10.1. The van der Waals surface area contributed by atoms with Gasteiger partial charge in [-0.1, -0.05) is 18.2 Å². The van der Waals surface area contributed by atoms with Gasteiger partial charge in [-0.2, -0.15) is 4.98 Å². The van der Waals surface area contributed by atoms with Crippen LogP contribution in [0.4, 0.5) is 4.39 Å². The van der Waals surface area contributed by atoms with Crippen LogP contribution < -0.4 is 5.32 Å². The molecule has 11 heteroatoms. The molecule has 1 aliphatic rings. The molecule has 0 saturated carbocycles. The Morgan fingerprint density at radius 3 is 2.59 bits per heavy atom. The second-order valence-electron chi connectivity index (χ2n) is 7.90. The predicted molar refractivity (Wildman–Crippen MR) is 118 cm³/mol. The van der Waals surface area contributed by atoms with E-state index in [0.29, 0.717) is 25.2 Å². The van der Waals surface area contributed by atoms with Crippen molar-refractivity contribution in [3.63, 3.8) is 0 Å². The van der Waals surface area contributed by atoms with Gasteiger partial charge in [0.05, 0.1) is 0 Å². The van der Waals surface area contributed by atoms with E-state index in [2.05, 4.69) is 20.3 Å². The minimum atomic E-state index is -0.771. The minimum absolute atomic E-state index is 0.0121. The summed E-state index contributed by atoms with van der Waals surface area (Å²) in [6.07, 6.45) is 1.52. The van der Waals surface area contributed by atoms with E-state index in [-0.39, 0.29) is 24.0 Å². The second kappa shape index (κ2) is 9.79. The summed E-state index contributed by atoms with van der Waals surface area (Å²) in [6.45, 7) is 1.35. The number of rotatable bonds is 5. The van der Waals surface area contributed by atoms with E-state index in [1.165, 1.54) is 35.4 Å². The molecule has 1 unspecified atom stereocenters. The standard InChI is InChI=1S/C23H23FN6O4/c1-29-10-11-30(23(34)16-4-2-3-9-25-16)17(13-29)20-27-18(19(31)22(33)28-20)21(32)26-12-14-5-7-15(24)8-6-14/h2-9,17,31H,10-13H2,1H3,(H,26,32)(H,27,28,33). The van der Waals surface area contributed by atoms with Crippen molar-refractivity contribution >= 4 is 11.8 Å². The summed E-state index contributed by atoms with van der Waals surface area (Å²) < 4.78 is 13.1. The van der Waals surface area contributed by atoms with Gasteiger partial charge in [0.2, 0.25) is 5.75 Å². The first-order valence-electron chi connectivity index (χ1n) is 10.6. The highest BCUT2D eigenvalue weighted by Gasteiger charge is 2.35. The highest BCUT2D eigenvalue weighted by atomic mass is 19.1. The number of carbonyl (C=O) groups excluding carboxylic acids is 2. The molecule has 176 valence electrons. The lowest BCUT2D eigenvalue weighted by Gasteiger charge is -2.39. The molecule has 3 heterocycles. The summed E-state index contributed by atoms with van der Waals surface area (Å²) in [5, 5.41) is 23.1. The number of halogens is 1. The van der Waals surface area contributed by atoms with Crippen LogP contribution in [0.25, 0.3) is 0 Å². The van der Waals surface area contributed by atoms with Crippen molar-refractivity contribution < 1.29 is 24.2 Å². The maximum atomic E-state index is 13.1. The summed E-state index contributed by atoms with van der Waals surface area (Å²) in [6, 6.07) is 9.87. The maximum absolute atomic E-state index is 13.1. The van der Waals surface area contributed by atoms with Gasteiger partial charge in [-0.15, -0.1) is 0 Å². The monoisotopic (exact) mass is 466 g/mol. The number of aromatic hydroxyl groups is 2. The van der Waals surface area contributed by atoms with Crippen LogP contribution in [-0.4, -0.2) is 73.5 Å². The largest absolute Gasteiger partial charge is 0.501 e. The summed E-state index contributed by atoms with van der Waals surface area (Å²) in [5.41, 5.74) is 0.453. The molecule has 0 spiro atoms. The van der Waals surface area contributed by atoms with E-state index in [1.807, 2.05) is 11.9 Å². The Labute approximate surface area is 194 Å². The number of nitrogens with zero attached hydrogens (tertiary/aromatic N) is 5. The zero-order valence-electron chi connectivity index (χ0n) is 18.3. The topological polar surface area (TPSA) is 132 Å². The molecule has 0 bridgehead atoms. The molecule has 1 atom stereocenters. The predicted octanol–water partition coefficient (Wildman–Crippen LogP) is 1.48. The molecule has 0 radical (unpaired) electrons. The SMILES string of the molecule is CN1CCN(C(=O)c2ccccn2)C(c2nc(O)c(O)c(C(=O)NCc3ccc(F)cc3)n2)C1. The van der Waals surface area contributed by atoms with Crippen LogP contribution >= 0.6 is 0 Å². The fraction of sp³-hybridized carbons (Fsp3) is 0.261. The number of carbonyl (C=O) groups is 2. The number of pyridine rings is 1. The number of aromatic nitrogens is 3. The lowest BCUT2D eigenvalue weighted by Crippen LogP contribution is -2.50. The summed E-state index contributed by atoms with van der Waals surface area (Å²) in [5.74, 6) is -3.02. The first-order chi connectivity index (χ1) is 16.3. The maximum Gasteiger partial charge on any atom is 0.274 e. The van der Waals surface area contributed by atoms with Gasteiger partial charge in [0.25, 0.3) is 17.7 Å². The first kappa shape index (κ1) is 23.1. The van der Waals surface area contributed by atoms with Crippen LogP contribution in [-0.2, 0) is 6.54 Å². The average molecular weight is 466 g/mol. The number of hydrogen-bond acceptors (Lipinski definition) is 8. The molecule has 2 aromatic heterocycles. The van der Waals surface area contributed by atoms with E-state index < -0.39 is 35.1 Å². The van der Waals surface area contributed by atoms with Gasteiger partial charge >= 0.3 is 0 Å². The molecule has 1 aromatic carbocycles. The van der Waals surface area contributed by atoms with Crippen LogP contribution in [0.15, 0.2) is 48.7 Å². The van der Waals surface area contributed by atoms with Crippen molar-refractivity contribution in [2.45, 2.75) is 12.6 Å². The third-order valence-corrected chi connectivity index (χ3v) is 5.49. The molecular formula is C23H23FN6O4. The van der Waals surface area contributed by atoms with E-state index in [0.717, 1.165) is 0 Å². The fourth-order valence-electron chi connectivity index (χ4n) is 3.66. The zero-order chi connectivity index (χ0) is 24.2. The van der Waals surface area contributed by atoms with Gasteiger partial charge in [0.15, 0.2) is 11.5 Å². The highest BCUT2D eigenvalue weighted by Crippen LogP contribution is 2.31. The number of amides is 2. The Balaban J connectivity index is 1.61. The molecule has 10 nitrogen and oxygen atoms in total. The minimum Gasteiger partial charge on any atom is -0.501 e. The molecular weight excluding hydrogens is 443 g/mol. The molecule has 0 aliphatic carbocycles. The van der Waals surface area contributed by atoms with Crippen molar-refractivity contribution in [3.05, 3.63) is 77.3 Å². The van der Waals surface area contributed by atoms with Gasteiger partial charge in [-0.05, 0) is 36.9 Å². The third-order valence-electron chi connectivity index (χ3n) is 5.49. The summed E-state index contributed by atoms with van der Waals surface area (Å²) in [7, 11) is 1.87. The molecule has 34 heavy (non-hydrogen) atoms. The number of benzene rings is 1. The molecule has 3 aromatic rings. The number of nitrogens with one attached hydrogen (secondary N) is 1. The number of likely N-dealkylation sites (N-methyl/N-ethyl adjacent to an activating group) is 1. The average Bonchev–Trinajstić information content (AvgIpc) is 2.85. The van der Waals surface area contributed by atoms with E-state index in [1.54, 1.807) is 18.2 Å². The van der Waals surface area contributed by atoms with Crippen LogP contribution in [0.5, 0.6) is 11.6 Å². The van der Waals surface area contributed by atoms with Gasteiger partial charge in [0, 0.05) is 32.4 Å². The van der Waals surface area contributed by atoms with Crippen LogP contribution in [0.3, 0.4) is 0 Å². The Morgan fingerprint density at radius 1 is 1.12 bits per heavy atom. The Bertz CT molecular complexity index is 1190. The van der Waals surface area contributed by atoms with Crippen LogP contribution in [0, 0.1) is 5.82 Å². The molecule has 1 fully saturated rings. The van der Waals surface area contributed by atoms with Gasteiger partial charge in [-0.25, -0.2) is 9.37 Å². The van der Waals surface area contributed by atoms with E-state index >= 15 is 0 Å². The van der Waals surface area contributed by atoms with Gasteiger partial charge in [0.1, 0.15) is 17.6 Å². The second-order valence-corrected chi connectivity index (χ2v) is 7.90. The van der Waals surface area contributed by atoms with Gasteiger partial charge < -0.3 is 25.3 Å². The third kappa shape index (κ3) is 4.94. The summed E-state index contributed by atoms with van der Waals surface area (Å²) in [4.78, 5) is 41.6. The molecule has 1 saturated heterocycles. The fourth-order valence-corrected chi connectivity index (χ4v) is 3.66. The van der Waals surface area contributed by atoms with Crippen molar-refractivity contribution in [1.82, 2.24) is 30.1 Å². The molecule has 3 N–H and O–H groups in total. The molecule has 2 amide bonds. The van der Waals surface area contributed by atoms with Crippen molar-refractivity contribution in [1.29, 1.82) is 0 Å². The Morgan fingerprint density at radius 2 is 1.88 bits per heavy atom. The van der Waals surface area contributed by atoms with Crippen LogP contribution in [0.2, 0.25) is 0 Å². The Kier molecular flexibility index (Phi) is 6.64. The normalized spacial score (nSPS) is 16.3. The van der Waals surface area contributed by atoms with E-state index in [9.17, 15) is 24.2 Å². The van der Waals surface area contributed by atoms with Crippen molar-refractivity contribution in [3.8, 4) is 11.6 Å². The smallest absolute Gasteiger partial charge is 0.274 e. The first-order valence-corrected chi connectivity index (χ1v) is 10.6. The Hall–Kier alpha value is -4.12. The number of piperazine rings is 1. The van der Waals surface area contributed by atoms with Crippen molar-refractivity contribution in [2.24, 2.45) is 0 Å². The summed E-state index contributed by atoms with van der Waals surface area (Å²) >= 11 is 0. The molecule has 1 aliphatic heterocycles. The van der Waals surface area contributed by atoms with Gasteiger partial charge in [-0.3, -0.25) is 14.6 Å². The zero-order valence-corrected chi connectivity index (χ0v) is 18.3. The number of hydrogen-bond donors (Lipinski definition) is 3. The highest BCUT2D eigenvalue weighted by molar-refractivity contribution is 5.95. The molecule has 4 rings (SSSR count). The van der Waals surface area contributed by atoms with Crippen LogP contribution in [0.1, 0.15) is 38.4 Å². The van der Waals surface area contributed by atoms with Crippen molar-refractivity contribution in [2.75, 3.05) is 26.7 Å². The van der Waals surface area contributed by atoms with E-state index in [4.69, 9.17) is 0 Å².